The predicted molar refractivity (Wildman–Crippen MR) is 129 cm³/mol. The highest BCUT2D eigenvalue weighted by molar-refractivity contribution is 6.01. The third kappa shape index (κ3) is 5.72. The highest BCUT2D eigenvalue weighted by Crippen LogP contribution is 2.30. The van der Waals surface area contributed by atoms with Crippen LogP contribution in [-0.2, 0) is 17.9 Å². The Balaban J connectivity index is 1.35. The summed E-state index contributed by atoms with van der Waals surface area (Å²) in [6.07, 6.45) is 6.60. The Labute approximate surface area is 197 Å². The van der Waals surface area contributed by atoms with E-state index in [0.717, 1.165) is 28.1 Å². The van der Waals surface area contributed by atoms with E-state index < -0.39 is 0 Å². The molecule has 0 fully saturated rings. The van der Waals surface area contributed by atoms with Gasteiger partial charge in [0.1, 0.15) is 12.4 Å². The van der Waals surface area contributed by atoms with Crippen LogP contribution in [-0.4, -0.2) is 28.0 Å². The number of anilines is 1. The fraction of sp³-hybridized carbons (Fsp3) is 0.192. The fourth-order valence-corrected chi connectivity index (χ4v) is 3.41. The smallest absolute Gasteiger partial charge is 0.248 e. The van der Waals surface area contributed by atoms with E-state index in [-0.39, 0.29) is 5.91 Å². The van der Waals surface area contributed by atoms with Gasteiger partial charge < -0.3 is 19.3 Å². The van der Waals surface area contributed by atoms with E-state index in [1.54, 1.807) is 30.3 Å². The minimum atomic E-state index is -0.253. The Morgan fingerprint density at radius 2 is 1.97 bits per heavy atom. The molecule has 34 heavy (non-hydrogen) atoms. The number of aromatic nitrogens is 3. The first-order valence-corrected chi connectivity index (χ1v) is 10.8. The molecule has 0 saturated heterocycles. The normalized spacial score (nSPS) is 11.0. The van der Waals surface area contributed by atoms with Gasteiger partial charge in [-0.15, -0.1) is 0 Å². The molecular weight excluding hydrogens is 432 g/mol. The van der Waals surface area contributed by atoms with Gasteiger partial charge in [-0.05, 0) is 43.2 Å². The first kappa shape index (κ1) is 22.8. The van der Waals surface area contributed by atoms with Gasteiger partial charge in [0.05, 0.1) is 36.8 Å². The van der Waals surface area contributed by atoms with E-state index in [0.29, 0.717) is 30.3 Å². The van der Waals surface area contributed by atoms with Crippen LogP contribution in [0.5, 0.6) is 11.5 Å². The molecule has 0 saturated carbocycles. The van der Waals surface area contributed by atoms with Crippen molar-refractivity contribution >= 4 is 17.7 Å². The predicted octanol–water partition coefficient (Wildman–Crippen LogP) is 4.78. The Morgan fingerprint density at radius 1 is 1.15 bits per heavy atom. The van der Waals surface area contributed by atoms with Crippen LogP contribution in [0, 0.1) is 13.8 Å². The number of amides is 1. The molecule has 8 nitrogen and oxygen atoms in total. The zero-order valence-corrected chi connectivity index (χ0v) is 19.3. The molecule has 0 unspecified atom stereocenters. The number of hydrogen-bond acceptors (Lipinski definition) is 6. The third-order valence-electron chi connectivity index (χ3n) is 5.26. The Morgan fingerprint density at radius 3 is 2.71 bits per heavy atom. The summed E-state index contributed by atoms with van der Waals surface area (Å²) in [7, 11) is 1.57. The van der Waals surface area contributed by atoms with Crippen LogP contribution in [0.2, 0.25) is 0 Å². The van der Waals surface area contributed by atoms with Crippen molar-refractivity contribution in [2.75, 3.05) is 12.4 Å². The van der Waals surface area contributed by atoms with Gasteiger partial charge >= 0.3 is 0 Å². The van der Waals surface area contributed by atoms with Gasteiger partial charge in [-0.2, -0.15) is 5.10 Å². The maximum Gasteiger partial charge on any atom is 0.248 e. The molecule has 0 aliphatic carbocycles. The summed E-state index contributed by atoms with van der Waals surface area (Å²) in [6.45, 7) is 4.69. The van der Waals surface area contributed by atoms with Gasteiger partial charge in [0.15, 0.2) is 11.5 Å². The van der Waals surface area contributed by atoms with Gasteiger partial charge in [-0.3, -0.25) is 9.48 Å². The van der Waals surface area contributed by atoms with Crippen molar-refractivity contribution < 1.29 is 18.8 Å². The second-order valence-electron chi connectivity index (χ2n) is 7.74. The minimum absolute atomic E-state index is 0.253. The van der Waals surface area contributed by atoms with Crippen molar-refractivity contribution in [1.29, 1.82) is 0 Å². The summed E-state index contributed by atoms with van der Waals surface area (Å²) in [5, 5.41) is 11.1. The molecule has 2 aromatic carbocycles. The maximum atomic E-state index is 12.4. The summed E-state index contributed by atoms with van der Waals surface area (Å²) in [5.41, 5.74) is 4.28. The maximum absolute atomic E-state index is 12.4. The average molecular weight is 459 g/mol. The van der Waals surface area contributed by atoms with Gasteiger partial charge in [-0.1, -0.05) is 41.6 Å². The lowest BCUT2D eigenvalue weighted by Crippen LogP contribution is -2.07. The number of aryl methyl sites for hydroxylation is 2. The zero-order chi connectivity index (χ0) is 23.9. The molecule has 174 valence electrons. The Kier molecular flexibility index (Phi) is 7.07. The lowest BCUT2D eigenvalue weighted by Gasteiger charge is -2.11. The van der Waals surface area contributed by atoms with Gasteiger partial charge in [0.25, 0.3) is 0 Å². The second kappa shape index (κ2) is 10.5. The summed E-state index contributed by atoms with van der Waals surface area (Å²) in [6, 6.07) is 15.5. The van der Waals surface area contributed by atoms with E-state index in [1.165, 1.54) is 6.08 Å². The molecule has 0 radical (unpaired) electrons. The van der Waals surface area contributed by atoms with Gasteiger partial charge in [0, 0.05) is 12.3 Å². The van der Waals surface area contributed by atoms with Gasteiger partial charge in [0.2, 0.25) is 5.91 Å². The van der Waals surface area contributed by atoms with Crippen LogP contribution in [0.15, 0.2) is 71.5 Å². The number of carbonyl (C=O) groups is 1. The molecule has 0 atom stereocenters. The number of nitrogens with one attached hydrogen (secondary N) is 1. The average Bonchev–Trinajstić information content (AvgIpc) is 3.42. The zero-order valence-electron chi connectivity index (χ0n) is 19.3. The molecule has 0 bridgehead atoms. The number of rotatable bonds is 9. The third-order valence-corrected chi connectivity index (χ3v) is 5.26. The Hall–Kier alpha value is -4.33. The van der Waals surface area contributed by atoms with Crippen LogP contribution >= 0.6 is 0 Å². The van der Waals surface area contributed by atoms with E-state index >= 15 is 0 Å². The molecule has 0 aliphatic heterocycles. The summed E-state index contributed by atoms with van der Waals surface area (Å²) in [5.74, 6) is 1.64. The number of methoxy groups -OCH3 is 1. The summed E-state index contributed by atoms with van der Waals surface area (Å²) in [4.78, 5) is 12.4. The van der Waals surface area contributed by atoms with Crippen molar-refractivity contribution in [2.24, 2.45) is 0 Å². The van der Waals surface area contributed by atoms with Crippen LogP contribution < -0.4 is 14.8 Å². The number of nitrogens with zero attached hydrogens (tertiary/aromatic N) is 3. The highest BCUT2D eigenvalue weighted by Gasteiger charge is 2.12. The molecule has 1 amide bonds. The standard InChI is InChI=1S/C26H26N4O4/c1-18-23(19(2)34-29-18)17-33-24-11-9-20(13-25(24)32-3)10-12-26(31)28-22-14-27-30(16-22)15-21-7-5-4-6-8-21/h4-14,16H,15,17H2,1-3H3,(H,28,31)/b12-10+. The quantitative estimate of drug-likeness (QED) is 0.363. The lowest BCUT2D eigenvalue weighted by atomic mass is 10.2. The van der Waals surface area contributed by atoms with E-state index in [2.05, 4.69) is 15.6 Å². The second-order valence-corrected chi connectivity index (χ2v) is 7.74. The monoisotopic (exact) mass is 458 g/mol. The topological polar surface area (TPSA) is 91.4 Å². The number of benzene rings is 2. The van der Waals surface area contributed by atoms with E-state index in [4.69, 9.17) is 14.0 Å². The van der Waals surface area contributed by atoms with Crippen LogP contribution in [0.1, 0.15) is 28.1 Å². The molecule has 0 spiro atoms. The molecule has 4 aromatic rings. The first-order valence-electron chi connectivity index (χ1n) is 10.8. The molecule has 0 aliphatic rings. The molecule has 2 heterocycles. The van der Waals surface area contributed by atoms with Crippen molar-refractivity contribution in [3.8, 4) is 11.5 Å². The highest BCUT2D eigenvalue weighted by atomic mass is 16.5. The van der Waals surface area contributed by atoms with Crippen LogP contribution in [0.3, 0.4) is 0 Å². The molecule has 1 N–H and O–H groups in total. The van der Waals surface area contributed by atoms with E-state index in [1.807, 2.05) is 62.4 Å². The number of carbonyl (C=O) groups excluding carboxylic acids is 1. The van der Waals surface area contributed by atoms with Crippen molar-refractivity contribution in [1.82, 2.24) is 14.9 Å². The number of ether oxygens (including phenoxy) is 2. The molecule has 8 heteroatoms. The van der Waals surface area contributed by atoms with E-state index in [9.17, 15) is 4.79 Å². The molecular formula is C26H26N4O4. The molecule has 4 rings (SSSR count). The largest absolute Gasteiger partial charge is 0.493 e. The Bertz CT molecular complexity index is 1270. The van der Waals surface area contributed by atoms with Crippen LogP contribution in [0.4, 0.5) is 5.69 Å². The minimum Gasteiger partial charge on any atom is -0.493 e. The summed E-state index contributed by atoms with van der Waals surface area (Å²) >= 11 is 0. The van der Waals surface area contributed by atoms with Gasteiger partial charge in [-0.25, -0.2) is 0 Å². The van der Waals surface area contributed by atoms with Crippen LogP contribution in [0.25, 0.3) is 6.08 Å². The lowest BCUT2D eigenvalue weighted by molar-refractivity contribution is -0.111. The van der Waals surface area contributed by atoms with Crippen molar-refractivity contribution in [3.63, 3.8) is 0 Å². The SMILES string of the molecule is COc1cc(/C=C/C(=O)Nc2cnn(Cc3ccccc3)c2)ccc1OCc1c(C)noc1C. The fourth-order valence-electron chi connectivity index (χ4n) is 3.41. The summed E-state index contributed by atoms with van der Waals surface area (Å²) < 4.78 is 18.3. The first-order chi connectivity index (χ1) is 16.5. The molecule has 2 aromatic heterocycles. The van der Waals surface area contributed by atoms with Crippen molar-refractivity contribution in [2.45, 2.75) is 27.0 Å². The van der Waals surface area contributed by atoms with Crippen molar-refractivity contribution in [3.05, 3.63) is 95.1 Å². The number of hydrogen-bond donors (Lipinski definition) is 1.